The van der Waals surface area contributed by atoms with Crippen molar-refractivity contribution in [1.29, 1.82) is 0 Å². The first-order valence-corrected chi connectivity index (χ1v) is 5.68. The molecule has 0 radical (unpaired) electrons. The molecule has 1 aromatic carbocycles. The Balaban J connectivity index is 2.42. The maximum absolute atomic E-state index is 5.41. The molecular weight excluding hydrogens is 240 g/mol. The van der Waals surface area contributed by atoms with Crippen LogP contribution in [-0.2, 0) is 6.54 Å². The second kappa shape index (κ2) is 6.17. The van der Waals surface area contributed by atoms with E-state index in [1.807, 2.05) is 0 Å². The lowest BCUT2D eigenvalue weighted by Gasteiger charge is -2.05. The fourth-order valence-corrected chi connectivity index (χ4v) is 2.03. The van der Waals surface area contributed by atoms with Crippen molar-refractivity contribution in [2.45, 2.75) is 19.9 Å². The largest absolute Gasteiger partial charge is 0.330 e. The Morgan fingerprint density at radius 3 is 2.79 bits per heavy atom. The molecule has 0 unspecified atom stereocenters. The van der Waals surface area contributed by atoms with Crippen LogP contribution in [-0.4, -0.2) is 13.1 Å². The summed E-state index contributed by atoms with van der Waals surface area (Å²) in [4.78, 5) is 0. The molecule has 3 heteroatoms. The molecule has 14 heavy (non-hydrogen) atoms. The van der Waals surface area contributed by atoms with Crippen molar-refractivity contribution in [2.24, 2.45) is 5.73 Å². The van der Waals surface area contributed by atoms with Gasteiger partial charge in [-0.3, -0.25) is 0 Å². The summed E-state index contributed by atoms with van der Waals surface area (Å²) in [6.45, 7) is 4.76. The summed E-state index contributed by atoms with van der Waals surface area (Å²) in [5.74, 6) is 0. The van der Waals surface area contributed by atoms with Crippen LogP contribution in [0, 0.1) is 6.92 Å². The minimum atomic E-state index is 0.754. The fraction of sp³-hybridized carbons (Fsp3) is 0.455. The molecule has 78 valence electrons. The molecular formula is C11H17BrN2. The minimum absolute atomic E-state index is 0.754. The second-order valence-electron chi connectivity index (χ2n) is 3.46. The highest BCUT2D eigenvalue weighted by atomic mass is 79.9. The molecule has 1 rings (SSSR count). The molecule has 2 nitrogen and oxygen atoms in total. The minimum Gasteiger partial charge on any atom is -0.330 e. The van der Waals surface area contributed by atoms with Crippen molar-refractivity contribution in [2.75, 3.05) is 13.1 Å². The molecule has 0 amide bonds. The highest BCUT2D eigenvalue weighted by molar-refractivity contribution is 9.10. The molecule has 0 aliphatic heterocycles. The number of hydrogen-bond acceptors (Lipinski definition) is 2. The second-order valence-corrected chi connectivity index (χ2v) is 4.37. The average molecular weight is 257 g/mol. The van der Waals surface area contributed by atoms with Gasteiger partial charge >= 0.3 is 0 Å². The first-order valence-electron chi connectivity index (χ1n) is 4.89. The van der Waals surface area contributed by atoms with Crippen molar-refractivity contribution in [3.05, 3.63) is 33.8 Å². The number of aryl methyl sites for hydroxylation is 1. The molecule has 1 aromatic rings. The van der Waals surface area contributed by atoms with Gasteiger partial charge in [0.15, 0.2) is 0 Å². The van der Waals surface area contributed by atoms with E-state index >= 15 is 0 Å². The maximum Gasteiger partial charge on any atom is 0.0206 e. The molecule has 0 spiro atoms. The standard InChI is InChI=1S/C11H17BrN2/c1-9-5-10(7-11(12)6-9)8-14-4-2-3-13/h5-7,14H,2-4,8,13H2,1H3. The molecule has 3 N–H and O–H groups in total. The van der Waals surface area contributed by atoms with Gasteiger partial charge in [-0.2, -0.15) is 0 Å². The van der Waals surface area contributed by atoms with E-state index in [-0.39, 0.29) is 0 Å². The van der Waals surface area contributed by atoms with E-state index in [1.54, 1.807) is 0 Å². The Hall–Kier alpha value is -0.380. The van der Waals surface area contributed by atoms with E-state index in [9.17, 15) is 0 Å². The zero-order valence-corrected chi connectivity index (χ0v) is 10.1. The van der Waals surface area contributed by atoms with Crippen LogP contribution in [0.5, 0.6) is 0 Å². The van der Waals surface area contributed by atoms with Crippen LogP contribution >= 0.6 is 15.9 Å². The van der Waals surface area contributed by atoms with E-state index in [0.717, 1.165) is 30.5 Å². The van der Waals surface area contributed by atoms with Crippen LogP contribution in [0.2, 0.25) is 0 Å². The number of nitrogens with one attached hydrogen (secondary N) is 1. The van der Waals surface area contributed by atoms with Gasteiger partial charge in [0.2, 0.25) is 0 Å². The normalized spacial score (nSPS) is 10.5. The van der Waals surface area contributed by atoms with Crippen molar-refractivity contribution in [3.8, 4) is 0 Å². The molecule has 0 atom stereocenters. The number of benzene rings is 1. The summed E-state index contributed by atoms with van der Waals surface area (Å²) in [7, 11) is 0. The van der Waals surface area contributed by atoms with Crippen molar-refractivity contribution >= 4 is 15.9 Å². The first kappa shape index (κ1) is 11.7. The number of rotatable bonds is 5. The lowest BCUT2D eigenvalue weighted by atomic mass is 10.1. The molecule has 0 aliphatic carbocycles. The van der Waals surface area contributed by atoms with Gasteiger partial charge in [0.25, 0.3) is 0 Å². The molecule has 0 aliphatic rings. The quantitative estimate of drug-likeness (QED) is 0.793. The molecule has 0 fully saturated rings. The van der Waals surface area contributed by atoms with Gasteiger partial charge < -0.3 is 11.1 Å². The van der Waals surface area contributed by atoms with E-state index in [2.05, 4.69) is 46.4 Å². The lowest BCUT2D eigenvalue weighted by molar-refractivity contribution is 0.655. The Kier molecular flexibility index (Phi) is 5.15. The zero-order chi connectivity index (χ0) is 10.4. The number of nitrogens with two attached hydrogens (primary N) is 1. The maximum atomic E-state index is 5.41. The Morgan fingerprint density at radius 2 is 2.14 bits per heavy atom. The van der Waals surface area contributed by atoms with Crippen LogP contribution in [0.1, 0.15) is 17.5 Å². The van der Waals surface area contributed by atoms with E-state index in [4.69, 9.17) is 5.73 Å². The van der Waals surface area contributed by atoms with Crippen molar-refractivity contribution < 1.29 is 0 Å². The van der Waals surface area contributed by atoms with E-state index in [1.165, 1.54) is 11.1 Å². The van der Waals surface area contributed by atoms with E-state index < -0.39 is 0 Å². The number of hydrogen-bond donors (Lipinski definition) is 2. The summed E-state index contributed by atoms with van der Waals surface area (Å²) in [5, 5.41) is 3.36. The van der Waals surface area contributed by atoms with Gasteiger partial charge in [-0.1, -0.05) is 22.0 Å². The van der Waals surface area contributed by atoms with E-state index in [0.29, 0.717) is 0 Å². The third-order valence-corrected chi connectivity index (χ3v) is 2.45. The number of halogens is 1. The molecule has 0 saturated heterocycles. The molecule has 0 saturated carbocycles. The van der Waals surface area contributed by atoms with Crippen molar-refractivity contribution in [3.63, 3.8) is 0 Å². The SMILES string of the molecule is Cc1cc(Br)cc(CNCCCN)c1. The van der Waals surface area contributed by atoms with Crippen LogP contribution in [0.15, 0.2) is 22.7 Å². The predicted octanol–water partition coefficient (Wildman–Crippen LogP) is 2.20. The molecule has 0 aromatic heterocycles. The highest BCUT2D eigenvalue weighted by Gasteiger charge is 1.95. The van der Waals surface area contributed by atoms with Gasteiger partial charge in [0, 0.05) is 11.0 Å². The summed E-state index contributed by atoms with van der Waals surface area (Å²) < 4.78 is 1.15. The van der Waals surface area contributed by atoms with Gasteiger partial charge in [-0.25, -0.2) is 0 Å². The van der Waals surface area contributed by atoms with Crippen LogP contribution in [0.3, 0.4) is 0 Å². The van der Waals surface area contributed by atoms with Gasteiger partial charge in [0.05, 0.1) is 0 Å². The van der Waals surface area contributed by atoms with Gasteiger partial charge in [-0.15, -0.1) is 0 Å². The smallest absolute Gasteiger partial charge is 0.0206 e. The summed E-state index contributed by atoms with van der Waals surface area (Å²) in [6.07, 6.45) is 1.03. The monoisotopic (exact) mass is 256 g/mol. The highest BCUT2D eigenvalue weighted by Crippen LogP contribution is 2.14. The zero-order valence-electron chi connectivity index (χ0n) is 8.52. The lowest BCUT2D eigenvalue weighted by Crippen LogP contribution is -2.17. The Morgan fingerprint density at radius 1 is 1.36 bits per heavy atom. The fourth-order valence-electron chi connectivity index (χ4n) is 1.37. The topological polar surface area (TPSA) is 38.0 Å². The third-order valence-electron chi connectivity index (χ3n) is 1.99. The van der Waals surface area contributed by atoms with Crippen LogP contribution < -0.4 is 11.1 Å². The Labute approximate surface area is 94.0 Å². The first-order chi connectivity index (χ1) is 6.72. The Bertz CT molecular complexity index is 266. The summed E-state index contributed by atoms with van der Waals surface area (Å²) >= 11 is 3.49. The third kappa shape index (κ3) is 4.22. The summed E-state index contributed by atoms with van der Waals surface area (Å²) in [5.41, 5.74) is 8.01. The molecule has 0 bridgehead atoms. The average Bonchev–Trinajstić information content (AvgIpc) is 2.11. The predicted molar refractivity (Wildman–Crippen MR) is 64.3 cm³/mol. The summed E-state index contributed by atoms with van der Waals surface area (Å²) in [6, 6.07) is 6.45. The van der Waals surface area contributed by atoms with Gasteiger partial charge in [-0.05, 0) is 49.7 Å². The van der Waals surface area contributed by atoms with Gasteiger partial charge in [0.1, 0.15) is 0 Å². The van der Waals surface area contributed by atoms with Crippen LogP contribution in [0.4, 0.5) is 0 Å². The van der Waals surface area contributed by atoms with Crippen LogP contribution in [0.25, 0.3) is 0 Å². The van der Waals surface area contributed by atoms with Crippen molar-refractivity contribution in [1.82, 2.24) is 5.32 Å². The molecule has 0 heterocycles.